The van der Waals surface area contributed by atoms with E-state index < -0.39 is 0 Å². The minimum atomic E-state index is 0.198. The Kier molecular flexibility index (Phi) is 15.3. The van der Waals surface area contributed by atoms with Crippen LogP contribution in [0.1, 0.15) is 134 Å². The molecule has 0 fully saturated rings. The van der Waals surface area contributed by atoms with Crippen molar-refractivity contribution >= 4 is 0 Å². The maximum Gasteiger partial charge on any atom is 0.169 e. The van der Waals surface area contributed by atoms with E-state index in [0.717, 1.165) is 5.75 Å². The molecule has 0 aliphatic rings. The van der Waals surface area contributed by atoms with Crippen LogP contribution in [-0.4, -0.2) is 5.11 Å². The van der Waals surface area contributed by atoms with Gasteiger partial charge in [0.15, 0.2) is 11.5 Å². The van der Waals surface area contributed by atoms with Gasteiger partial charge in [-0.25, -0.2) is 0 Å². The van der Waals surface area contributed by atoms with Crippen molar-refractivity contribution in [2.75, 3.05) is 0 Å². The van der Waals surface area contributed by atoms with Crippen molar-refractivity contribution in [3.63, 3.8) is 0 Å². The number of para-hydroxylation sites is 3. The summed E-state index contributed by atoms with van der Waals surface area (Å²) < 4.78 is 6.22. The molecule has 2 aromatic carbocycles. The first-order valence-corrected chi connectivity index (χ1v) is 14.3. The molecule has 0 aliphatic heterocycles. The van der Waals surface area contributed by atoms with E-state index in [1.807, 2.05) is 24.3 Å². The topological polar surface area (TPSA) is 29.5 Å². The number of phenolic OH excluding ortho intramolecular Hbond substituents is 1. The Morgan fingerprint density at radius 1 is 0.559 bits per heavy atom. The number of unbranched alkanes of at least 4 members (excludes halogenated alkanes) is 13. The lowest BCUT2D eigenvalue weighted by Gasteiger charge is -2.21. The summed E-state index contributed by atoms with van der Waals surface area (Å²) in [6.07, 6.45) is 22.8. The van der Waals surface area contributed by atoms with Crippen LogP contribution in [-0.2, 0) is 0 Å². The van der Waals surface area contributed by atoms with E-state index in [9.17, 15) is 5.11 Å². The highest BCUT2D eigenvalue weighted by atomic mass is 16.5. The molecule has 190 valence electrons. The summed E-state index contributed by atoms with van der Waals surface area (Å²) >= 11 is 0. The van der Waals surface area contributed by atoms with Crippen LogP contribution in [0.4, 0.5) is 0 Å². The Labute approximate surface area is 210 Å². The first kappa shape index (κ1) is 28.3. The maximum atomic E-state index is 10.2. The second-order valence-corrected chi connectivity index (χ2v) is 9.98. The third-order valence-electron chi connectivity index (χ3n) is 7.01. The van der Waals surface area contributed by atoms with Crippen molar-refractivity contribution < 1.29 is 9.84 Å². The van der Waals surface area contributed by atoms with Crippen LogP contribution >= 0.6 is 0 Å². The summed E-state index contributed by atoms with van der Waals surface area (Å²) in [4.78, 5) is 0. The minimum absolute atomic E-state index is 0.198. The van der Waals surface area contributed by atoms with Crippen molar-refractivity contribution in [3.8, 4) is 17.2 Å². The van der Waals surface area contributed by atoms with E-state index in [1.165, 1.54) is 115 Å². The molecule has 2 nitrogen and oxygen atoms in total. The van der Waals surface area contributed by atoms with Gasteiger partial charge in [-0.15, -0.1) is 0 Å². The summed E-state index contributed by atoms with van der Waals surface area (Å²) in [6.45, 7) is 4.57. The number of phenols is 1. The van der Waals surface area contributed by atoms with Gasteiger partial charge in [0.2, 0.25) is 0 Å². The fourth-order valence-corrected chi connectivity index (χ4v) is 4.90. The average molecular weight is 467 g/mol. The van der Waals surface area contributed by atoms with Gasteiger partial charge in [-0.2, -0.15) is 0 Å². The number of hydrogen-bond donors (Lipinski definition) is 1. The van der Waals surface area contributed by atoms with Gasteiger partial charge in [0.05, 0.1) is 0 Å². The van der Waals surface area contributed by atoms with Crippen LogP contribution in [0, 0.1) is 0 Å². The van der Waals surface area contributed by atoms with E-state index in [1.54, 1.807) is 6.07 Å². The molecule has 1 unspecified atom stereocenters. The van der Waals surface area contributed by atoms with Crippen molar-refractivity contribution in [1.29, 1.82) is 0 Å². The maximum absolute atomic E-state index is 10.2. The van der Waals surface area contributed by atoms with Crippen LogP contribution in [0.3, 0.4) is 0 Å². The summed E-state index contributed by atoms with van der Waals surface area (Å²) in [5.74, 6) is 2.16. The molecule has 0 saturated carbocycles. The lowest BCUT2D eigenvalue weighted by Crippen LogP contribution is -2.02. The number of benzene rings is 2. The molecule has 0 aromatic heterocycles. The van der Waals surface area contributed by atoms with Gasteiger partial charge in [0.25, 0.3) is 0 Å². The molecule has 0 radical (unpaired) electrons. The van der Waals surface area contributed by atoms with Crippen molar-refractivity contribution in [2.24, 2.45) is 0 Å². The summed E-state index contributed by atoms with van der Waals surface area (Å²) in [5.41, 5.74) is 1.30. The highest BCUT2D eigenvalue weighted by Gasteiger charge is 2.17. The molecule has 1 N–H and O–H groups in total. The summed E-state index contributed by atoms with van der Waals surface area (Å²) in [6, 6.07) is 15.8. The third kappa shape index (κ3) is 11.4. The zero-order chi connectivity index (χ0) is 24.3. The Bertz CT molecular complexity index is 754. The largest absolute Gasteiger partial charge is 0.504 e. The lowest BCUT2D eigenvalue weighted by atomic mass is 9.87. The Morgan fingerprint density at radius 3 is 1.53 bits per heavy atom. The number of rotatable bonds is 20. The molecule has 0 bridgehead atoms. The first-order chi connectivity index (χ1) is 16.8. The zero-order valence-electron chi connectivity index (χ0n) is 22.1. The number of hydrogen-bond acceptors (Lipinski definition) is 2. The predicted octanol–water partition coefficient (Wildman–Crippen LogP) is 10.9. The molecule has 0 amide bonds. The molecule has 0 heterocycles. The fourth-order valence-electron chi connectivity index (χ4n) is 4.90. The second kappa shape index (κ2) is 18.4. The molecule has 34 heavy (non-hydrogen) atoms. The normalized spacial score (nSPS) is 12.1. The average Bonchev–Trinajstić information content (AvgIpc) is 2.85. The van der Waals surface area contributed by atoms with Crippen molar-refractivity contribution in [3.05, 3.63) is 54.1 Å². The van der Waals surface area contributed by atoms with E-state index in [2.05, 4.69) is 32.0 Å². The quantitative estimate of drug-likeness (QED) is 0.197. The molecule has 0 saturated heterocycles. The molecule has 1 atom stereocenters. The Balaban J connectivity index is 1.92. The molecular formula is C32H50O2. The molecule has 2 heteroatoms. The molecule has 2 aromatic rings. The Hall–Kier alpha value is -1.96. The van der Waals surface area contributed by atoms with Gasteiger partial charge < -0.3 is 9.84 Å². The Morgan fingerprint density at radius 2 is 1.00 bits per heavy atom. The van der Waals surface area contributed by atoms with Crippen LogP contribution in [0.2, 0.25) is 0 Å². The van der Waals surface area contributed by atoms with Crippen molar-refractivity contribution in [2.45, 2.75) is 129 Å². The lowest BCUT2D eigenvalue weighted by molar-refractivity contribution is 0.402. The van der Waals surface area contributed by atoms with Gasteiger partial charge in [0, 0.05) is 0 Å². The predicted molar refractivity (Wildman–Crippen MR) is 147 cm³/mol. The minimum Gasteiger partial charge on any atom is -0.504 e. The SMILES string of the molecule is CCCCCCCCCCCC(CCCCCCCC)c1ccccc1Oc1ccccc1O. The zero-order valence-corrected chi connectivity index (χ0v) is 22.1. The molecular weight excluding hydrogens is 416 g/mol. The van der Waals surface area contributed by atoms with E-state index in [-0.39, 0.29) is 5.75 Å². The standard InChI is InChI=1S/C32H50O2/c1-3-5-7-9-11-12-13-15-17-23-28(22-16-14-10-8-6-4-2)29-24-18-20-26-31(29)34-32-27-21-19-25-30(32)33/h18-21,24-28,33H,3-17,22-23H2,1-2H3. The highest BCUT2D eigenvalue weighted by molar-refractivity contribution is 5.45. The molecule has 0 spiro atoms. The first-order valence-electron chi connectivity index (χ1n) is 14.3. The molecule has 0 aliphatic carbocycles. The fraction of sp³-hybridized carbons (Fsp3) is 0.625. The summed E-state index contributed by atoms with van der Waals surface area (Å²) in [5, 5.41) is 10.2. The third-order valence-corrected chi connectivity index (χ3v) is 7.01. The second-order valence-electron chi connectivity index (χ2n) is 9.98. The van der Waals surface area contributed by atoms with E-state index in [0.29, 0.717) is 11.7 Å². The van der Waals surface area contributed by atoms with E-state index in [4.69, 9.17) is 4.74 Å². The van der Waals surface area contributed by atoms with E-state index >= 15 is 0 Å². The van der Waals surface area contributed by atoms with Crippen LogP contribution in [0.15, 0.2) is 48.5 Å². The van der Waals surface area contributed by atoms with Crippen LogP contribution < -0.4 is 4.74 Å². The van der Waals surface area contributed by atoms with Gasteiger partial charge in [-0.3, -0.25) is 0 Å². The number of ether oxygens (including phenoxy) is 1. The van der Waals surface area contributed by atoms with Gasteiger partial charge >= 0.3 is 0 Å². The highest BCUT2D eigenvalue weighted by Crippen LogP contribution is 2.38. The summed E-state index contributed by atoms with van der Waals surface area (Å²) in [7, 11) is 0. The number of aromatic hydroxyl groups is 1. The van der Waals surface area contributed by atoms with Crippen LogP contribution in [0.25, 0.3) is 0 Å². The molecule has 2 rings (SSSR count). The van der Waals surface area contributed by atoms with Crippen molar-refractivity contribution in [1.82, 2.24) is 0 Å². The van der Waals surface area contributed by atoms with Crippen LogP contribution in [0.5, 0.6) is 17.2 Å². The van der Waals surface area contributed by atoms with Gasteiger partial charge in [-0.1, -0.05) is 140 Å². The monoisotopic (exact) mass is 466 g/mol. The van der Waals surface area contributed by atoms with Gasteiger partial charge in [-0.05, 0) is 42.5 Å². The smallest absolute Gasteiger partial charge is 0.169 e. The van der Waals surface area contributed by atoms with Gasteiger partial charge in [0.1, 0.15) is 5.75 Å².